The molecule has 3 rings (SSSR count). The Labute approximate surface area is 156 Å². The van der Waals surface area contributed by atoms with E-state index in [0.717, 1.165) is 35.2 Å². The van der Waals surface area contributed by atoms with Gasteiger partial charge in [-0.25, -0.2) is 4.39 Å². The summed E-state index contributed by atoms with van der Waals surface area (Å²) in [5.74, 6) is -2.19. The van der Waals surface area contributed by atoms with Gasteiger partial charge < -0.3 is 0 Å². The number of amides is 2. The molecule has 2 aromatic rings. The third-order valence-corrected chi connectivity index (χ3v) is 4.00. The first-order valence-electron chi connectivity index (χ1n) is 7.51. The lowest BCUT2D eigenvalue weighted by atomic mass is 10.0. The lowest BCUT2D eigenvalue weighted by molar-refractivity contribution is -0.137. The number of nitrogens with zero attached hydrogens (tertiary/aromatic N) is 1. The molecule has 0 aromatic heterocycles. The van der Waals surface area contributed by atoms with Gasteiger partial charge in [0.15, 0.2) is 5.11 Å². The van der Waals surface area contributed by atoms with E-state index in [4.69, 9.17) is 12.2 Å². The first kappa shape index (κ1) is 18.7. The standard InChI is InChI=1S/C18H10F4N2O2S/c19-12-4-6-13(7-5-12)24-16(26)14(15(25)23-17(24)27)9-10-2-1-3-11(8-10)18(20,21)22/h1-9H,(H,23,25,27)/b14-9-. The van der Waals surface area contributed by atoms with Crippen molar-refractivity contribution in [2.75, 3.05) is 4.90 Å². The van der Waals surface area contributed by atoms with Gasteiger partial charge in [-0.1, -0.05) is 12.1 Å². The Morgan fingerprint density at radius 2 is 1.70 bits per heavy atom. The zero-order valence-electron chi connectivity index (χ0n) is 13.4. The van der Waals surface area contributed by atoms with Gasteiger partial charge in [0.25, 0.3) is 11.8 Å². The van der Waals surface area contributed by atoms with Crippen molar-refractivity contribution in [3.8, 4) is 0 Å². The van der Waals surface area contributed by atoms with Gasteiger partial charge in [-0.05, 0) is 60.3 Å². The normalized spacial score (nSPS) is 16.7. The molecule has 1 N–H and O–H groups in total. The maximum Gasteiger partial charge on any atom is 0.416 e. The maximum absolute atomic E-state index is 13.1. The predicted octanol–water partition coefficient (Wildman–Crippen LogP) is 3.68. The fourth-order valence-corrected chi connectivity index (χ4v) is 2.73. The molecule has 2 aromatic carbocycles. The molecule has 0 saturated carbocycles. The van der Waals surface area contributed by atoms with Gasteiger partial charge in [0.05, 0.1) is 11.3 Å². The third kappa shape index (κ3) is 3.87. The monoisotopic (exact) mass is 394 g/mol. The van der Waals surface area contributed by atoms with E-state index in [1.54, 1.807) is 0 Å². The number of hydrogen-bond acceptors (Lipinski definition) is 3. The summed E-state index contributed by atoms with van der Waals surface area (Å²) in [5.41, 5.74) is -1.07. The van der Waals surface area contributed by atoms with Crippen LogP contribution in [0.3, 0.4) is 0 Å². The van der Waals surface area contributed by atoms with Crippen molar-refractivity contribution < 1.29 is 27.2 Å². The van der Waals surface area contributed by atoms with Crippen molar-refractivity contribution in [3.05, 3.63) is 71.0 Å². The molecule has 27 heavy (non-hydrogen) atoms. The Bertz CT molecular complexity index is 968. The van der Waals surface area contributed by atoms with Crippen molar-refractivity contribution in [1.82, 2.24) is 5.32 Å². The van der Waals surface area contributed by atoms with Gasteiger partial charge >= 0.3 is 6.18 Å². The van der Waals surface area contributed by atoms with Crippen molar-refractivity contribution >= 4 is 40.9 Å². The number of carbonyl (C=O) groups excluding carboxylic acids is 2. The molecule has 138 valence electrons. The van der Waals surface area contributed by atoms with Crippen molar-refractivity contribution in [3.63, 3.8) is 0 Å². The molecule has 1 saturated heterocycles. The van der Waals surface area contributed by atoms with Gasteiger partial charge in [0, 0.05) is 0 Å². The predicted molar refractivity (Wildman–Crippen MR) is 94.0 cm³/mol. The van der Waals surface area contributed by atoms with Crippen LogP contribution in [-0.2, 0) is 15.8 Å². The first-order valence-corrected chi connectivity index (χ1v) is 7.92. The molecule has 1 aliphatic heterocycles. The molecule has 0 aliphatic carbocycles. The van der Waals surface area contributed by atoms with Crippen LogP contribution in [0.2, 0.25) is 0 Å². The highest BCUT2D eigenvalue weighted by atomic mass is 32.1. The quantitative estimate of drug-likeness (QED) is 0.366. The molecule has 0 atom stereocenters. The third-order valence-electron chi connectivity index (χ3n) is 3.71. The van der Waals surface area contributed by atoms with Crippen molar-refractivity contribution in [2.45, 2.75) is 6.18 Å². The molecule has 2 amide bonds. The van der Waals surface area contributed by atoms with Crippen LogP contribution in [0.25, 0.3) is 6.08 Å². The van der Waals surface area contributed by atoms with Crippen LogP contribution in [0, 0.1) is 5.82 Å². The fraction of sp³-hybridized carbons (Fsp3) is 0.0556. The van der Waals surface area contributed by atoms with Gasteiger partial charge in [0.2, 0.25) is 0 Å². The largest absolute Gasteiger partial charge is 0.416 e. The van der Waals surface area contributed by atoms with E-state index < -0.39 is 34.9 Å². The molecule has 4 nitrogen and oxygen atoms in total. The molecule has 1 aliphatic rings. The van der Waals surface area contributed by atoms with Crippen LogP contribution in [0.4, 0.5) is 23.2 Å². The summed E-state index contributed by atoms with van der Waals surface area (Å²) in [6.07, 6.45) is -3.51. The average molecular weight is 394 g/mol. The van der Waals surface area contributed by atoms with Crippen LogP contribution in [0.5, 0.6) is 0 Å². The fourth-order valence-electron chi connectivity index (χ4n) is 2.45. The SMILES string of the molecule is O=C1NC(=S)N(c2ccc(F)cc2)C(=O)/C1=C\c1cccc(C(F)(F)F)c1. The summed E-state index contributed by atoms with van der Waals surface area (Å²) in [7, 11) is 0. The van der Waals surface area contributed by atoms with E-state index in [9.17, 15) is 27.2 Å². The summed E-state index contributed by atoms with van der Waals surface area (Å²) in [6.45, 7) is 0. The highest BCUT2D eigenvalue weighted by molar-refractivity contribution is 7.80. The summed E-state index contributed by atoms with van der Waals surface area (Å²) < 4.78 is 51.6. The number of anilines is 1. The number of hydrogen-bond donors (Lipinski definition) is 1. The Morgan fingerprint density at radius 3 is 2.33 bits per heavy atom. The molecule has 1 fully saturated rings. The van der Waals surface area contributed by atoms with E-state index in [1.807, 2.05) is 0 Å². The highest BCUT2D eigenvalue weighted by Gasteiger charge is 2.35. The Morgan fingerprint density at radius 1 is 1.04 bits per heavy atom. The van der Waals surface area contributed by atoms with Crippen LogP contribution < -0.4 is 10.2 Å². The van der Waals surface area contributed by atoms with E-state index in [2.05, 4.69) is 5.32 Å². The zero-order valence-corrected chi connectivity index (χ0v) is 14.2. The minimum Gasteiger partial charge on any atom is -0.298 e. The number of rotatable bonds is 2. The molecular weight excluding hydrogens is 384 g/mol. The Balaban J connectivity index is 2.01. The van der Waals surface area contributed by atoms with Gasteiger partial charge in [-0.15, -0.1) is 0 Å². The number of thiocarbonyl (C=S) groups is 1. The maximum atomic E-state index is 13.1. The average Bonchev–Trinajstić information content (AvgIpc) is 2.60. The van der Waals surface area contributed by atoms with Crippen molar-refractivity contribution in [2.24, 2.45) is 0 Å². The molecular formula is C18H10F4N2O2S. The van der Waals surface area contributed by atoms with Gasteiger partial charge in [-0.2, -0.15) is 13.2 Å². The van der Waals surface area contributed by atoms with E-state index in [1.165, 1.54) is 24.3 Å². The first-order chi connectivity index (χ1) is 12.7. The molecule has 9 heteroatoms. The topological polar surface area (TPSA) is 49.4 Å². The summed E-state index contributed by atoms with van der Waals surface area (Å²) in [5, 5.41) is 2.09. The number of halogens is 4. The van der Waals surface area contributed by atoms with Gasteiger partial charge in [-0.3, -0.25) is 19.8 Å². The Kier molecular flexibility index (Phi) is 4.79. The number of nitrogens with one attached hydrogen (secondary N) is 1. The second kappa shape index (κ2) is 6.92. The smallest absolute Gasteiger partial charge is 0.298 e. The zero-order chi connectivity index (χ0) is 19.8. The summed E-state index contributed by atoms with van der Waals surface area (Å²) in [4.78, 5) is 25.8. The molecule has 0 unspecified atom stereocenters. The van der Waals surface area contributed by atoms with Gasteiger partial charge in [0.1, 0.15) is 11.4 Å². The van der Waals surface area contributed by atoms with Crippen LogP contribution in [-0.4, -0.2) is 16.9 Å². The van der Waals surface area contributed by atoms with Crippen LogP contribution >= 0.6 is 12.2 Å². The lowest BCUT2D eigenvalue weighted by Gasteiger charge is -2.28. The van der Waals surface area contributed by atoms with Crippen LogP contribution in [0.15, 0.2) is 54.1 Å². The minimum absolute atomic E-state index is 0.0233. The Hall–Kier alpha value is -3.07. The summed E-state index contributed by atoms with van der Waals surface area (Å²) in [6, 6.07) is 9.00. The molecule has 1 heterocycles. The lowest BCUT2D eigenvalue weighted by Crippen LogP contribution is -2.54. The number of carbonyl (C=O) groups is 2. The minimum atomic E-state index is -4.56. The molecule has 0 radical (unpaired) electrons. The second-order valence-electron chi connectivity index (χ2n) is 5.56. The van der Waals surface area contributed by atoms with Crippen molar-refractivity contribution in [1.29, 1.82) is 0 Å². The molecule has 0 bridgehead atoms. The second-order valence-corrected chi connectivity index (χ2v) is 5.94. The highest BCUT2D eigenvalue weighted by Crippen LogP contribution is 2.30. The van der Waals surface area contributed by atoms with Crippen LogP contribution in [0.1, 0.15) is 11.1 Å². The summed E-state index contributed by atoms with van der Waals surface area (Å²) >= 11 is 4.99. The van der Waals surface area contributed by atoms with E-state index >= 15 is 0 Å². The number of benzene rings is 2. The molecule has 0 spiro atoms. The number of alkyl halides is 3. The van der Waals surface area contributed by atoms with E-state index in [-0.39, 0.29) is 16.4 Å². The van der Waals surface area contributed by atoms with E-state index in [0.29, 0.717) is 0 Å².